The molecule has 0 spiro atoms. The molecular formula is C18H30ClN5. The van der Waals surface area contributed by atoms with Gasteiger partial charge in [-0.05, 0) is 32.4 Å². The molecule has 1 aromatic carbocycles. The number of nitrogens with zero attached hydrogens (tertiary/aromatic N) is 4. The van der Waals surface area contributed by atoms with Gasteiger partial charge in [-0.3, -0.25) is 9.89 Å². The Hall–Kier alpha value is -1.46. The van der Waals surface area contributed by atoms with Crippen LogP contribution in [-0.4, -0.2) is 68.1 Å². The van der Waals surface area contributed by atoms with Crippen molar-refractivity contribution in [3.8, 4) is 0 Å². The van der Waals surface area contributed by atoms with Crippen LogP contribution in [0.5, 0.6) is 0 Å². The second-order valence-electron chi connectivity index (χ2n) is 6.05. The third-order valence-corrected chi connectivity index (χ3v) is 4.88. The number of rotatable bonds is 7. The Morgan fingerprint density at radius 1 is 1.17 bits per heavy atom. The molecule has 1 aliphatic rings. The van der Waals surface area contributed by atoms with Crippen LogP contribution in [0, 0.1) is 0 Å². The number of hydrogen-bond acceptors (Lipinski definition) is 3. The zero-order valence-corrected chi connectivity index (χ0v) is 15.7. The second-order valence-corrected chi connectivity index (χ2v) is 6.45. The highest BCUT2D eigenvalue weighted by Gasteiger charge is 2.18. The smallest absolute Gasteiger partial charge is 0.191 e. The van der Waals surface area contributed by atoms with Gasteiger partial charge in [-0.25, -0.2) is 0 Å². The number of para-hydroxylation sites is 1. The Balaban J connectivity index is 1.70. The maximum absolute atomic E-state index is 6.29. The molecule has 0 amide bonds. The van der Waals surface area contributed by atoms with Gasteiger partial charge in [0.05, 0.1) is 10.7 Å². The minimum Gasteiger partial charge on any atom is -0.370 e. The summed E-state index contributed by atoms with van der Waals surface area (Å²) in [6, 6.07) is 8.09. The van der Waals surface area contributed by atoms with Crippen molar-refractivity contribution in [3.63, 3.8) is 0 Å². The van der Waals surface area contributed by atoms with Crippen LogP contribution in [0.1, 0.15) is 20.3 Å². The molecule has 0 aliphatic carbocycles. The summed E-state index contributed by atoms with van der Waals surface area (Å²) < 4.78 is 0. The molecule has 1 saturated heterocycles. The van der Waals surface area contributed by atoms with E-state index in [4.69, 9.17) is 17.3 Å². The fraction of sp³-hybridized carbons (Fsp3) is 0.611. The number of halogens is 1. The lowest BCUT2D eigenvalue weighted by atomic mass is 10.2. The first-order valence-corrected chi connectivity index (χ1v) is 9.30. The SMILES string of the molecule is CCN(CC)C(N)=NCCCN1CCN(c2ccccc2Cl)CC1. The Morgan fingerprint density at radius 3 is 2.46 bits per heavy atom. The molecule has 1 aromatic rings. The molecule has 0 radical (unpaired) electrons. The second kappa shape index (κ2) is 9.74. The molecule has 6 heteroatoms. The highest BCUT2D eigenvalue weighted by molar-refractivity contribution is 6.33. The predicted molar refractivity (Wildman–Crippen MR) is 104 cm³/mol. The highest BCUT2D eigenvalue weighted by atomic mass is 35.5. The summed E-state index contributed by atoms with van der Waals surface area (Å²) in [5.41, 5.74) is 7.15. The molecule has 24 heavy (non-hydrogen) atoms. The van der Waals surface area contributed by atoms with E-state index in [9.17, 15) is 0 Å². The van der Waals surface area contributed by atoms with Crippen molar-refractivity contribution in [2.45, 2.75) is 20.3 Å². The van der Waals surface area contributed by atoms with E-state index in [1.54, 1.807) is 0 Å². The Morgan fingerprint density at radius 2 is 1.83 bits per heavy atom. The third-order valence-electron chi connectivity index (χ3n) is 4.56. The molecule has 2 N–H and O–H groups in total. The van der Waals surface area contributed by atoms with Crippen molar-refractivity contribution in [1.29, 1.82) is 0 Å². The van der Waals surface area contributed by atoms with Gasteiger partial charge >= 0.3 is 0 Å². The zero-order chi connectivity index (χ0) is 17.4. The van der Waals surface area contributed by atoms with E-state index in [1.165, 1.54) is 0 Å². The quantitative estimate of drug-likeness (QED) is 0.466. The fourth-order valence-electron chi connectivity index (χ4n) is 3.06. The average molecular weight is 352 g/mol. The molecule has 2 rings (SSSR count). The van der Waals surface area contributed by atoms with E-state index in [2.05, 4.69) is 39.6 Å². The van der Waals surface area contributed by atoms with E-state index >= 15 is 0 Å². The van der Waals surface area contributed by atoms with Gasteiger partial charge in [0.2, 0.25) is 0 Å². The number of piperazine rings is 1. The van der Waals surface area contributed by atoms with Gasteiger partial charge in [0, 0.05) is 52.4 Å². The van der Waals surface area contributed by atoms with Crippen molar-refractivity contribution in [3.05, 3.63) is 29.3 Å². The predicted octanol–water partition coefficient (Wildman–Crippen LogP) is 2.51. The first-order valence-electron chi connectivity index (χ1n) is 8.92. The Kier molecular flexibility index (Phi) is 7.66. The zero-order valence-electron chi connectivity index (χ0n) is 14.9. The Bertz CT molecular complexity index is 522. The van der Waals surface area contributed by atoms with Crippen molar-refractivity contribution in [1.82, 2.24) is 9.80 Å². The Labute approximate surface area is 151 Å². The molecule has 134 valence electrons. The lowest BCUT2D eigenvalue weighted by molar-refractivity contribution is 0.256. The van der Waals surface area contributed by atoms with Crippen LogP contribution in [0.2, 0.25) is 5.02 Å². The first kappa shape index (κ1) is 18.9. The largest absolute Gasteiger partial charge is 0.370 e. The number of anilines is 1. The van der Waals surface area contributed by atoms with Crippen molar-refractivity contribution >= 4 is 23.2 Å². The summed E-state index contributed by atoms with van der Waals surface area (Å²) in [4.78, 5) is 11.4. The van der Waals surface area contributed by atoms with Crippen molar-refractivity contribution in [2.75, 3.05) is 57.3 Å². The monoisotopic (exact) mass is 351 g/mol. The molecular weight excluding hydrogens is 322 g/mol. The molecule has 0 atom stereocenters. The fourth-order valence-corrected chi connectivity index (χ4v) is 3.31. The minimum absolute atomic E-state index is 0.670. The molecule has 0 aromatic heterocycles. The summed E-state index contributed by atoms with van der Waals surface area (Å²) in [7, 11) is 0. The van der Waals surface area contributed by atoms with Gasteiger partial charge < -0.3 is 15.5 Å². The molecule has 1 aliphatic heterocycles. The van der Waals surface area contributed by atoms with Crippen LogP contribution in [0.4, 0.5) is 5.69 Å². The third kappa shape index (κ3) is 5.28. The summed E-state index contributed by atoms with van der Waals surface area (Å²) in [6.45, 7) is 12.1. The van der Waals surface area contributed by atoms with E-state index in [0.29, 0.717) is 5.96 Å². The van der Waals surface area contributed by atoms with Crippen LogP contribution >= 0.6 is 11.6 Å². The standard InChI is InChI=1S/C18H30ClN5/c1-3-23(4-2)18(20)21-10-7-11-22-12-14-24(15-13-22)17-9-6-5-8-16(17)19/h5-6,8-9H,3-4,7,10-15H2,1-2H3,(H2,20,21). The highest BCUT2D eigenvalue weighted by Crippen LogP contribution is 2.25. The van der Waals surface area contributed by atoms with Crippen LogP contribution in [0.25, 0.3) is 0 Å². The number of hydrogen-bond donors (Lipinski definition) is 1. The lowest BCUT2D eigenvalue weighted by Gasteiger charge is -2.36. The number of benzene rings is 1. The topological polar surface area (TPSA) is 48.1 Å². The number of nitrogens with two attached hydrogens (primary N) is 1. The number of guanidine groups is 1. The lowest BCUT2D eigenvalue weighted by Crippen LogP contribution is -2.46. The minimum atomic E-state index is 0.670. The van der Waals surface area contributed by atoms with Gasteiger partial charge in [-0.15, -0.1) is 0 Å². The first-order chi connectivity index (χ1) is 11.7. The van der Waals surface area contributed by atoms with Gasteiger partial charge in [0.25, 0.3) is 0 Å². The summed E-state index contributed by atoms with van der Waals surface area (Å²) in [5, 5.41) is 0.840. The van der Waals surface area contributed by atoms with Crippen molar-refractivity contribution < 1.29 is 0 Å². The van der Waals surface area contributed by atoms with E-state index in [0.717, 1.165) is 69.5 Å². The number of aliphatic imine (C=N–C) groups is 1. The molecule has 0 bridgehead atoms. The molecule has 0 saturated carbocycles. The maximum Gasteiger partial charge on any atom is 0.191 e. The summed E-state index contributed by atoms with van der Waals surface area (Å²) in [5.74, 6) is 0.670. The van der Waals surface area contributed by atoms with Gasteiger partial charge in [-0.1, -0.05) is 23.7 Å². The van der Waals surface area contributed by atoms with Crippen LogP contribution in [-0.2, 0) is 0 Å². The summed E-state index contributed by atoms with van der Waals surface area (Å²) >= 11 is 6.29. The van der Waals surface area contributed by atoms with Crippen LogP contribution < -0.4 is 10.6 Å². The van der Waals surface area contributed by atoms with Crippen LogP contribution in [0.15, 0.2) is 29.3 Å². The van der Waals surface area contributed by atoms with Crippen LogP contribution in [0.3, 0.4) is 0 Å². The maximum atomic E-state index is 6.29. The summed E-state index contributed by atoms with van der Waals surface area (Å²) in [6.07, 6.45) is 1.05. The normalized spacial score (nSPS) is 16.5. The molecule has 0 unspecified atom stereocenters. The molecule has 1 fully saturated rings. The van der Waals surface area contributed by atoms with E-state index < -0.39 is 0 Å². The average Bonchev–Trinajstić information content (AvgIpc) is 2.61. The molecule has 5 nitrogen and oxygen atoms in total. The van der Waals surface area contributed by atoms with Crippen molar-refractivity contribution in [2.24, 2.45) is 10.7 Å². The van der Waals surface area contributed by atoms with E-state index in [-0.39, 0.29) is 0 Å². The van der Waals surface area contributed by atoms with Gasteiger partial charge in [0.1, 0.15) is 0 Å². The van der Waals surface area contributed by atoms with Gasteiger partial charge in [0.15, 0.2) is 5.96 Å². The van der Waals surface area contributed by atoms with E-state index in [1.807, 2.05) is 18.2 Å². The molecule has 1 heterocycles. The van der Waals surface area contributed by atoms with Gasteiger partial charge in [-0.2, -0.15) is 0 Å².